The van der Waals surface area contributed by atoms with Crippen molar-refractivity contribution in [1.82, 2.24) is 15.3 Å². The Morgan fingerprint density at radius 1 is 1.22 bits per heavy atom. The number of halogens is 1. The molecule has 1 aliphatic heterocycles. The van der Waals surface area contributed by atoms with Gasteiger partial charge in [0.1, 0.15) is 0 Å². The molecule has 0 spiro atoms. The number of ether oxygens (including phenoxy) is 1. The van der Waals surface area contributed by atoms with Crippen LogP contribution in [0.3, 0.4) is 0 Å². The number of carbonyl (C=O) groups excluding carboxylic acids is 2. The second kappa shape index (κ2) is 8.93. The number of aromatic nitrogens is 2. The van der Waals surface area contributed by atoms with E-state index in [4.69, 9.17) is 4.74 Å². The molecule has 170 valence electrons. The summed E-state index contributed by atoms with van der Waals surface area (Å²) in [6, 6.07) is 4.49. The predicted octanol–water partition coefficient (Wildman–Crippen LogP) is 2.44. The number of rotatable bonds is 10. The molecule has 1 fully saturated rings. The van der Waals surface area contributed by atoms with Gasteiger partial charge in [-0.15, -0.1) is 0 Å². The fourth-order valence-electron chi connectivity index (χ4n) is 3.55. The molecule has 1 aromatic heterocycles. The first-order valence-corrected chi connectivity index (χ1v) is 12.4. The van der Waals surface area contributed by atoms with E-state index in [1.807, 2.05) is 0 Å². The van der Waals surface area contributed by atoms with E-state index in [1.165, 1.54) is 12.3 Å². The van der Waals surface area contributed by atoms with E-state index < -0.39 is 27.5 Å². The first-order chi connectivity index (χ1) is 15.2. The van der Waals surface area contributed by atoms with E-state index in [0.717, 1.165) is 12.8 Å². The molecule has 2 aliphatic rings. The molecule has 0 saturated heterocycles. The fourth-order valence-corrected chi connectivity index (χ4v) is 5.26. The van der Waals surface area contributed by atoms with E-state index in [1.54, 1.807) is 19.1 Å². The van der Waals surface area contributed by atoms with Gasteiger partial charge in [-0.1, -0.05) is 13.0 Å². The Balaban J connectivity index is 1.32. The van der Waals surface area contributed by atoms with Gasteiger partial charge in [0.05, 0.1) is 23.8 Å². The third kappa shape index (κ3) is 5.29. The minimum atomic E-state index is -3.39. The van der Waals surface area contributed by atoms with Crippen LogP contribution in [0.5, 0.6) is 5.75 Å². The number of carbonyl (C=O) groups is 2. The lowest BCUT2D eigenvalue weighted by molar-refractivity contribution is 0.0876. The number of hydrogen-bond acceptors (Lipinski definition) is 7. The molecule has 0 bridgehead atoms. The van der Waals surface area contributed by atoms with Crippen molar-refractivity contribution in [3.05, 3.63) is 52.9 Å². The second-order valence-electron chi connectivity index (χ2n) is 8.41. The molecule has 1 saturated carbocycles. The van der Waals surface area contributed by atoms with Crippen molar-refractivity contribution in [2.75, 3.05) is 18.1 Å². The van der Waals surface area contributed by atoms with Gasteiger partial charge < -0.3 is 4.74 Å². The average Bonchev–Trinajstić information content (AvgIpc) is 3.52. The van der Waals surface area contributed by atoms with Crippen molar-refractivity contribution < 1.29 is 27.1 Å². The summed E-state index contributed by atoms with van der Waals surface area (Å²) in [5, 5.41) is 2.12. The number of imide groups is 1. The lowest BCUT2D eigenvalue weighted by atomic mass is 10.0. The highest BCUT2D eigenvalue weighted by Gasteiger charge is 2.30. The van der Waals surface area contributed by atoms with Crippen LogP contribution < -0.4 is 10.1 Å². The number of nitrogens with zero attached hydrogens (tertiary/aromatic N) is 2. The number of benzene rings is 1. The summed E-state index contributed by atoms with van der Waals surface area (Å²) in [5.41, 5.74) is 1.12. The lowest BCUT2D eigenvalue weighted by Crippen LogP contribution is -2.20. The van der Waals surface area contributed by atoms with E-state index in [-0.39, 0.29) is 34.6 Å². The molecule has 2 amide bonds. The van der Waals surface area contributed by atoms with Gasteiger partial charge in [0.2, 0.25) is 0 Å². The summed E-state index contributed by atoms with van der Waals surface area (Å²) < 4.78 is 44.8. The number of fused-ring (bicyclic) bond motifs is 1. The quantitative estimate of drug-likeness (QED) is 0.540. The highest BCUT2D eigenvalue weighted by atomic mass is 32.2. The maximum absolute atomic E-state index is 14.0. The monoisotopic (exact) mass is 461 g/mol. The number of hydrogen-bond donors (Lipinski definition) is 1. The van der Waals surface area contributed by atoms with Gasteiger partial charge in [-0.05, 0) is 55.2 Å². The molecular formula is C22H24FN3O5S. The van der Waals surface area contributed by atoms with Gasteiger partial charge in [-0.2, -0.15) is 0 Å². The normalized spacial score (nSPS) is 16.6. The zero-order valence-corrected chi connectivity index (χ0v) is 18.5. The summed E-state index contributed by atoms with van der Waals surface area (Å²) >= 11 is 0. The van der Waals surface area contributed by atoms with E-state index in [0.29, 0.717) is 36.6 Å². The SMILES string of the molecule is C[C@@H](CS(=O)(=O)CCCc1cnc2c(n1)C(=O)NC2=O)c1ccc(F)c(OCC2CC2)c1. The smallest absolute Gasteiger partial charge is 0.279 e. The first-order valence-electron chi connectivity index (χ1n) is 10.6. The molecular weight excluding hydrogens is 437 g/mol. The van der Waals surface area contributed by atoms with Crippen molar-refractivity contribution >= 4 is 21.7 Å². The molecule has 0 unspecified atom stereocenters. The zero-order chi connectivity index (χ0) is 22.9. The van der Waals surface area contributed by atoms with Gasteiger partial charge in [-0.3, -0.25) is 14.9 Å². The topological polar surface area (TPSA) is 115 Å². The van der Waals surface area contributed by atoms with Crippen LogP contribution in [0.15, 0.2) is 24.4 Å². The average molecular weight is 462 g/mol. The Labute approximate surface area is 185 Å². The maximum atomic E-state index is 14.0. The van der Waals surface area contributed by atoms with Gasteiger partial charge in [0, 0.05) is 6.20 Å². The van der Waals surface area contributed by atoms with Crippen molar-refractivity contribution in [1.29, 1.82) is 0 Å². The molecule has 0 radical (unpaired) electrons. The Morgan fingerprint density at radius 2 is 1.97 bits per heavy atom. The van der Waals surface area contributed by atoms with Gasteiger partial charge in [0.25, 0.3) is 11.8 Å². The van der Waals surface area contributed by atoms with Crippen LogP contribution >= 0.6 is 0 Å². The molecule has 10 heteroatoms. The standard InChI is InChI=1S/C22H24FN3O5S/c1-13(15-6-7-17(23)18(9-15)31-11-14-4-5-14)12-32(29,30)8-2-3-16-10-24-19-20(25-16)22(28)26-21(19)27/h6-7,9-10,13-14H,2-5,8,11-12H2,1H3,(H,26,27,28)/t13-/m0/s1. The van der Waals surface area contributed by atoms with E-state index >= 15 is 0 Å². The molecule has 4 rings (SSSR count). The third-order valence-electron chi connectivity index (χ3n) is 5.57. The van der Waals surface area contributed by atoms with Crippen LogP contribution in [0.4, 0.5) is 4.39 Å². The Morgan fingerprint density at radius 3 is 2.72 bits per heavy atom. The van der Waals surface area contributed by atoms with Crippen LogP contribution in [0.25, 0.3) is 0 Å². The molecule has 1 aromatic carbocycles. The van der Waals surface area contributed by atoms with Crippen molar-refractivity contribution in [3.8, 4) is 5.75 Å². The summed E-state index contributed by atoms with van der Waals surface area (Å²) in [6.45, 7) is 2.27. The first kappa shape index (κ1) is 22.3. The van der Waals surface area contributed by atoms with Crippen LogP contribution in [0, 0.1) is 11.7 Å². The van der Waals surface area contributed by atoms with E-state index in [2.05, 4.69) is 15.3 Å². The number of nitrogens with one attached hydrogen (secondary N) is 1. The van der Waals surface area contributed by atoms with E-state index in [9.17, 15) is 22.4 Å². The number of aryl methyl sites for hydroxylation is 1. The van der Waals surface area contributed by atoms with Gasteiger partial charge in [-0.25, -0.2) is 22.8 Å². The van der Waals surface area contributed by atoms with Gasteiger partial charge in [0.15, 0.2) is 32.8 Å². The molecule has 32 heavy (non-hydrogen) atoms. The van der Waals surface area contributed by atoms with Crippen LogP contribution in [0.2, 0.25) is 0 Å². The minimum Gasteiger partial charge on any atom is -0.490 e. The Kier molecular flexibility index (Phi) is 6.23. The van der Waals surface area contributed by atoms with Crippen molar-refractivity contribution in [2.45, 2.75) is 38.5 Å². The minimum absolute atomic E-state index is 0.0139. The molecule has 8 nitrogen and oxygen atoms in total. The summed E-state index contributed by atoms with van der Waals surface area (Å²) in [7, 11) is -3.39. The molecule has 1 aliphatic carbocycles. The summed E-state index contributed by atoms with van der Waals surface area (Å²) in [5.74, 6) is -1.44. The predicted molar refractivity (Wildman–Crippen MR) is 114 cm³/mol. The second-order valence-corrected chi connectivity index (χ2v) is 10.6. The Hall–Kier alpha value is -2.88. The maximum Gasteiger partial charge on any atom is 0.279 e. The van der Waals surface area contributed by atoms with Crippen molar-refractivity contribution in [2.24, 2.45) is 5.92 Å². The molecule has 1 atom stereocenters. The summed E-state index contributed by atoms with van der Waals surface area (Å²) in [6.07, 6.45) is 4.19. The van der Waals surface area contributed by atoms with Crippen molar-refractivity contribution in [3.63, 3.8) is 0 Å². The molecule has 2 heterocycles. The summed E-state index contributed by atoms with van der Waals surface area (Å²) in [4.78, 5) is 31.3. The van der Waals surface area contributed by atoms with Gasteiger partial charge >= 0.3 is 0 Å². The number of sulfone groups is 1. The molecule has 1 N–H and O–H groups in total. The highest BCUT2D eigenvalue weighted by Crippen LogP contribution is 2.31. The third-order valence-corrected chi connectivity index (χ3v) is 7.49. The molecule has 2 aromatic rings. The van der Waals surface area contributed by atoms with Crippen LogP contribution in [0.1, 0.15) is 64.3 Å². The Bertz CT molecular complexity index is 1160. The zero-order valence-electron chi connectivity index (χ0n) is 17.6. The largest absolute Gasteiger partial charge is 0.490 e. The van der Waals surface area contributed by atoms with Crippen LogP contribution in [-0.2, 0) is 16.3 Å². The lowest BCUT2D eigenvalue weighted by Gasteiger charge is -2.15. The number of amides is 2. The van der Waals surface area contributed by atoms with Crippen LogP contribution in [-0.4, -0.2) is 48.3 Å². The highest BCUT2D eigenvalue weighted by molar-refractivity contribution is 7.91. The fraction of sp³-hybridized carbons (Fsp3) is 0.455.